The van der Waals surface area contributed by atoms with Gasteiger partial charge in [-0.05, 0) is 31.0 Å². The molecular weight excluding hydrogens is 396 g/mol. The number of ether oxygens (including phenoxy) is 3. The second-order valence-corrected chi connectivity index (χ2v) is 6.96. The number of hydrogen-bond donors (Lipinski definition) is 0. The molecule has 0 aliphatic carbocycles. The highest BCUT2D eigenvalue weighted by Crippen LogP contribution is 2.36. The zero-order chi connectivity index (χ0) is 21.8. The number of ketones is 1. The van der Waals surface area contributed by atoms with E-state index in [-0.39, 0.29) is 11.5 Å². The highest BCUT2D eigenvalue weighted by atomic mass is 19.1. The summed E-state index contributed by atoms with van der Waals surface area (Å²) in [6, 6.07) is 5.98. The van der Waals surface area contributed by atoms with Gasteiger partial charge in [-0.2, -0.15) is 0 Å². The van der Waals surface area contributed by atoms with Crippen molar-refractivity contribution in [3.8, 4) is 17.2 Å². The molecule has 1 heterocycles. The molecule has 0 saturated carbocycles. The monoisotopic (exact) mass is 419 g/mol. The van der Waals surface area contributed by atoms with Crippen molar-refractivity contribution in [3.63, 3.8) is 0 Å². The number of methoxy groups -OCH3 is 3. The normalized spacial score (nSPS) is 14.4. The van der Waals surface area contributed by atoms with Crippen LogP contribution in [0.2, 0.25) is 0 Å². The molecule has 0 unspecified atom stereocenters. The van der Waals surface area contributed by atoms with Gasteiger partial charge >= 0.3 is 0 Å². The van der Waals surface area contributed by atoms with Crippen LogP contribution in [-0.2, 0) is 0 Å². The van der Waals surface area contributed by atoms with Crippen LogP contribution in [0.25, 0.3) is 0 Å². The van der Waals surface area contributed by atoms with Gasteiger partial charge in [-0.15, -0.1) is 0 Å². The summed E-state index contributed by atoms with van der Waals surface area (Å²) in [4.78, 5) is 27.3. The van der Waals surface area contributed by atoms with Crippen molar-refractivity contribution >= 4 is 11.7 Å². The molecule has 0 bridgehead atoms. The van der Waals surface area contributed by atoms with Gasteiger partial charge in [0.05, 0.1) is 32.5 Å². The molecule has 1 aliphatic rings. The summed E-state index contributed by atoms with van der Waals surface area (Å²) < 4.78 is 43.2. The van der Waals surface area contributed by atoms with Crippen molar-refractivity contribution in [2.24, 2.45) is 5.92 Å². The van der Waals surface area contributed by atoms with Gasteiger partial charge in [-0.25, -0.2) is 8.78 Å². The summed E-state index contributed by atoms with van der Waals surface area (Å²) >= 11 is 0. The van der Waals surface area contributed by atoms with Crippen LogP contribution in [0.5, 0.6) is 17.2 Å². The van der Waals surface area contributed by atoms with Gasteiger partial charge in [0.15, 0.2) is 17.3 Å². The summed E-state index contributed by atoms with van der Waals surface area (Å²) in [6.07, 6.45) is 0.715. The molecule has 3 rings (SSSR count). The highest BCUT2D eigenvalue weighted by molar-refractivity contribution is 5.99. The first-order valence-electron chi connectivity index (χ1n) is 9.48. The molecule has 0 spiro atoms. The highest BCUT2D eigenvalue weighted by Gasteiger charge is 2.31. The smallest absolute Gasteiger partial charge is 0.257 e. The standard InChI is InChI=1S/C22H23F2NO5/c1-28-18-12-20(30-3)19(29-2)11-16(18)22(27)25-8-6-13(7-9-25)21(26)15-10-14(23)4-5-17(15)24/h4-5,10-13H,6-9H2,1-3H3. The summed E-state index contributed by atoms with van der Waals surface area (Å²) in [5, 5.41) is 0. The quantitative estimate of drug-likeness (QED) is 0.668. The van der Waals surface area contributed by atoms with Crippen molar-refractivity contribution in [2.75, 3.05) is 34.4 Å². The maximum absolute atomic E-state index is 13.9. The fraction of sp³-hybridized carbons (Fsp3) is 0.364. The zero-order valence-electron chi connectivity index (χ0n) is 17.0. The van der Waals surface area contributed by atoms with E-state index in [9.17, 15) is 18.4 Å². The summed E-state index contributed by atoms with van der Waals surface area (Å²) in [5.74, 6) is -1.41. The molecule has 1 aliphatic heterocycles. The van der Waals surface area contributed by atoms with E-state index in [1.807, 2.05) is 0 Å². The minimum atomic E-state index is -0.741. The van der Waals surface area contributed by atoms with Crippen LogP contribution in [0.1, 0.15) is 33.6 Å². The van der Waals surface area contributed by atoms with Crippen LogP contribution in [0.3, 0.4) is 0 Å². The maximum Gasteiger partial charge on any atom is 0.257 e. The van der Waals surface area contributed by atoms with E-state index in [2.05, 4.69) is 0 Å². The number of nitrogens with zero attached hydrogens (tertiary/aromatic N) is 1. The Morgan fingerprint density at radius 2 is 1.47 bits per heavy atom. The van der Waals surface area contributed by atoms with Gasteiger partial charge in [-0.3, -0.25) is 9.59 Å². The topological polar surface area (TPSA) is 65.1 Å². The number of hydrogen-bond acceptors (Lipinski definition) is 5. The average Bonchev–Trinajstić information content (AvgIpc) is 2.78. The third-order valence-electron chi connectivity index (χ3n) is 5.28. The van der Waals surface area contributed by atoms with Crippen LogP contribution in [0, 0.1) is 17.6 Å². The Hall–Kier alpha value is -3.16. The lowest BCUT2D eigenvalue weighted by molar-refractivity contribution is 0.0646. The molecule has 2 aromatic carbocycles. The predicted octanol–water partition coefficient (Wildman–Crippen LogP) is 3.73. The minimum Gasteiger partial charge on any atom is -0.496 e. The van der Waals surface area contributed by atoms with Crippen LogP contribution >= 0.6 is 0 Å². The lowest BCUT2D eigenvalue weighted by Crippen LogP contribution is -2.40. The van der Waals surface area contributed by atoms with Gasteiger partial charge in [0.2, 0.25) is 0 Å². The van der Waals surface area contributed by atoms with Gasteiger partial charge in [0.25, 0.3) is 5.91 Å². The third kappa shape index (κ3) is 4.22. The van der Waals surface area contributed by atoms with E-state index in [1.54, 1.807) is 17.0 Å². The number of likely N-dealkylation sites (tertiary alicyclic amines) is 1. The van der Waals surface area contributed by atoms with Crippen LogP contribution < -0.4 is 14.2 Å². The SMILES string of the molecule is COc1cc(OC)c(C(=O)N2CCC(C(=O)c3cc(F)ccc3F)CC2)cc1OC. The van der Waals surface area contributed by atoms with E-state index in [1.165, 1.54) is 21.3 Å². The number of Topliss-reactive ketones (excluding diaryl/α,β-unsaturated/α-hetero) is 1. The van der Waals surface area contributed by atoms with Gasteiger partial charge < -0.3 is 19.1 Å². The van der Waals surface area contributed by atoms with Gasteiger partial charge in [0.1, 0.15) is 17.4 Å². The summed E-state index contributed by atoms with van der Waals surface area (Å²) in [5.41, 5.74) is 0.0671. The molecule has 6 nitrogen and oxygen atoms in total. The Morgan fingerprint density at radius 1 is 0.867 bits per heavy atom. The Labute approximate surface area is 173 Å². The first-order valence-corrected chi connectivity index (χ1v) is 9.48. The Kier molecular flexibility index (Phi) is 6.54. The first-order chi connectivity index (χ1) is 14.4. The van der Waals surface area contributed by atoms with E-state index >= 15 is 0 Å². The van der Waals surface area contributed by atoms with Crippen molar-refractivity contribution in [1.82, 2.24) is 4.90 Å². The minimum absolute atomic E-state index is 0.249. The molecule has 8 heteroatoms. The fourth-order valence-corrected chi connectivity index (χ4v) is 3.62. The Bertz CT molecular complexity index is 955. The van der Waals surface area contributed by atoms with Gasteiger partial charge in [-0.1, -0.05) is 0 Å². The van der Waals surface area contributed by atoms with E-state index < -0.39 is 23.3 Å². The van der Waals surface area contributed by atoms with E-state index in [0.29, 0.717) is 48.7 Å². The largest absolute Gasteiger partial charge is 0.496 e. The number of carbonyl (C=O) groups is 2. The van der Waals surface area contributed by atoms with Crippen molar-refractivity contribution in [3.05, 3.63) is 53.1 Å². The van der Waals surface area contributed by atoms with Crippen molar-refractivity contribution in [2.45, 2.75) is 12.8 Å². The van der Waals surface area contributed by atoms with E-state index in [4.69, 9.17) is 14.2 Å². The number of halogens is 2. The summed E-state index contributed by atoms with van der Waals surface area (Å²) in [6.45, 7) is 0.618. The molecule has 0 radical (unpaired) electrons. The Balaban J connectivity index is 1.74. The molecule has 2 aromatic rings. The van der Waals surface area contributed by atoms with Crippen LogP contribution in [0.15, 0.2) is 30.3 Å². The van der Waals surface area contributed by atoms with Crippen LogP contribution in [0.4, 0.5) is 8.78 Å². The average molecular weight is 419 g/mol. The second-order valence-electron chi connectivity index (χ2n) is 6.96. The maximum atomic E-state index is 13.9. The number of carbonyl (C=O) groups excluding carboxylic acids is 2. The van der Waals surface area contributed by atoms with Gasteiger partial charge in [0, 0.05) is 31.1 Å². The predicted molar refractivity (Wildman–Crippen MR) is 105 cm³/mol. The third-order valence-corrected chi connectivity index (χ3v) is 5.28. The molecule has 0 N–H and O–H groups in total. The first kappa shape index (κ1) is 21.5. The molecular formula is C22H23F2NO5. The second kappa shape index (κ2) is 9.11. The molecule has 0 atom stereocenters. The van der Waals surface area contributed by atoms with Crippen molar-refractivity contribution < 1.29 is 32.6 Å². The lowest BCUT2D eigenvalue weighted by Gasteiger charge is -2.32. The fourth-order valence-electron chi connectivity index (χ4n) is 3.62. The molecule has 1 saturated heterocycles. The molecule has 1 amide bonds. The zero-order valence-corrected chi connectivity index (χ0v) is 17.0. The van der Waals surface area contributed by atoms with Crippen LogP contribution in [-0.4, -0.2) is 51.0 Å². The number of piperidine rings is 1. The number of rotatable bonds is 6. The Morgan fingerprint density at radius 3 is 2.07 bits per heavy atom. The number of benzene rings is 2. The lowest BCUT2D eigenvalue weighted by atomic mass is 9.88. The van der Waals surface area contributed by atoms with E-state index in [0.717, 1.165) is 18.2 Å². The molecule has 160 valence electrons. The van der Waals surface area contributed by atoms with Crippen molar-refractivity contribution in [1.29, 1.82) is 0 Å². The number of amides is 1. The molecule has 0 aromatic heterocycles. The molecule has 1 fully saturated rings. The summed E-state index contributed by atoms with van der Waals surface area (Å²) in [7, 11) is 4.42. The molecule has 30 heavy (non-hydrogen) atoms.